The van der Waals surface area contributed by atoms with Crippen molar-refractivity contribution in [1.29, 1.82) is 0 Å². The highest BCUT2D eigenvalue weighted by Crippen LogP contribution is 2.57. The summed E-state index contributed by atoms with van der Waals surface area (Å²) >= 11 is 8.40. The second kappa shape index (κ2) is 7.41. The third-order valence-corrected chi connectivity index (χ3v) is 6.62. The summed E-state index contributed by atoms with van der Waals surface area (Å²) in [6, 6.07) is 28.1. The molecular formula is C23H20ClNOS. The quantitative estimate of drug-likeness (QED) is 0.403. The number of halogens is 1. The Morgan fingerprint density at radius 2 is 1.52 bits per heavy atom. The molecule has 4 heteroatoms. The maximum atomic E-state index is 13.1. The van der Waals surface area contributed by atoms with Gasteiger partial charge >= 0.3 is 0 Å². The number of amides is 1. The largest absolute Gasteiger partial charge is 0.326 e. The smallest absolute Gasteiger partial charge is 0.257 e. The highest BCUT2D eigenvalue weighted by atomic mass is 35.5. The highest BCUT2D eigenvalue weighted by Gasteiger charge is 2.61. The van der Waals surface area contributed by atoms with E-state index in [9.17, 15) is 4.79 Å². The monoisotopic (exact) mass is 393 g/mol. The number of thioether (sulfide) groups is 1. The van der Waals surface area contributed by atoms with Gasteiger partial charge in [0.25, 0.3) is 5.91 Å². The van der Waals surface area contributed by atoms with Gasteiger partial charge in [0.2, 0.25) is 0 Å². The number of hydrogen-bond acceptors (Lipinski definition) is 2. The van der Waals surface area contributed by atoms with Gasteiger partial charge in [-0.25, -0.2) is 0 Å². The van der Waals surface area contributed by atoms with Gasteiger partial charge in [-0.3, -0.25) is 4.79 Å². The van der Waals surface area contributed by atoms with E-state index in [0.717, 1.165) is 16.0 Å². The van der Waals surface area contributed by atoms with E-state index in [1.165, 1.54) is 17.3 Å². The third kappa shape index (κ3) is 3.50. The molecule has 3 aromatic rings. The molecule has 0 aromatic heterocycles. The van der Waals surface area contributed by atoms with Crippen molar-refractivity contribution in [2.45, 2.75) is 28.6 Å². The maximum absolute atomic E-state index is 13.1. The van der Waals surface area contributed by atoms with Gasteiger partial charge in [0.15, 0.2) is 4.21 Å². The lowest BCUT2D eigenvalue weighted by atomic mass is 9.91. The van der Waals surface area contributed by atoms with Gasteiger partial charge in [-0.05, 0) is 30.2 Å². The second-order valence-electron chi connectivity index (χ2n) is 6.79. The summed E-state index contributed by atoms with van der Waals surface area (Å²) in [5.41, 5.74) is 3.36. The summed E-state index contributed by atoms with van der Waals surface area (Å²) in [4.78, 5) is 16.0. The number of carbonyl (C=O) groups excluding carboxylic acids is 1. The number of alkyl halides is 1. The zero-order valence-corrected chi connectivity index (χ0v) is 16.6. The summed E-state index contributed by atoms with van der Waals surface area (Å²) in [5.74, 6) is -0.0348. The van der Waals surface area contributed by atoms with E-state index in [4.69, 9.17) is 11.6 Å². The molecule has 1 fully saturated rings. The molecule has 0 aliphatic carbocycles. The van der Waals surface area contributed by atoms with Crippen molar-refractivity contribution >= 4 is 29.3 Å². The molecule has 1 amide bonds. The van der Waals surface area contributed by atoms with Crippen LogP contribution < -0.4 is 0 Å². The lowest BCUT2D eigenvalue weighted by Gasteiger charge is -2.52. The summed E-state index contributed by atoms with van der Waals surface area (Å²) < 4.78 is -1.02. The Kier molecular flexibility index (Phi) is 4.98. The lowest BCUT2D eigenvalue weighted by molar-refractivity contribution is -0.148. The molecule has 2 nitrogen and oxygen atoms in total. The predicted octanol–water partition coefficient (Wildman–Crippen LogP) is 5.81. The molecule has 0 saturated carbocycles. The van der Waals surface area contributed by atoms with Gasteiger partial charge in [-0.1, -0.05) is 102 Å². The van der Waals surface area contributed by atoms with Crippen molar-refractivity contribution < 1.29 is 4.79 Å². The van der Waals surface area contributed by atoms with Gasteiger partial charge in [-0.2, -0.15) is 0 Å². The molecule has 1 aliphatic heterocycles. The third-order valence-electron chi connectivity index (χ3n) is 4.81. The van der Waals surface area contributed by atoms with Crippen LogP contribution in [-0.2, 0) is 11.3 Å². The fourth-order valence-corrected chi connectivity index (χ4v) is 5.25. The van der Waals surface area contributed by atoms with Crippen molar-refractivity contribution in [3.8, 4) is 0 Å². The first kappa shape index (κ1) is 18.1. The number of β-lactam (4-membered cyclic amide) rings is 1. The van der Waals surface area contributed by atoms with Crippen molar-refractivity contribution in [3.63, 3.8) is 0 Å². The standard InChI is InChI=1S/C23H20ClNOS/c1-17-12-14-19(15-13-17)21-23(24,27-20-10-6-3-7-11-20)22(26)25(21)16-18-8-4-2-5-9-18/h2-15,21H,16H2,1H3/t21-,23+/m1/s1. The summed E-state index contributed by atoms with van der Waals surface area (Å²) in [7, 11) is 0. The zero-order chi connectivity index (χ0) is 18.9. The molecule has 2 atom stereocenters. The Morgan fingerprint density at radius 1 is 0.926 bits per heavy atom. The van der Waals surface area contributed by atoms with Crippen LogP contribution in [0.5, 0.6) is 0 Å². The Morgan fingerprint density at radius 3 is 2.15 bits per heavy atom. The molecule has 1 heterocycles. The van der Waals surface area contributed by atoms with Gasteiger partial charge in [-0.15, -0.1) is 0 Å². The van der Waals surface area contributed by atoms with Crippen LogP contribution in [0, 0.1) is 6.92 Å². The van der Waals surface area contributed by atoms with E-state index in [0.29, 0.717) is 6.54 Å². The molecular weight excluding hydrogens is 374 g/mol. The molecule has 27 heavy (non-hydrogen) atoms. The van der Waals surface area contributed by atoms with Crippen LogP contribution in [0.25, 0.3) is 0 Å². The van der Waals surface area contributed by atoms with E-state index in [2.05, 4.69) is 31.2 Å². The van der Waals surface area contributed by atoms with Crippen molar-refractivity contribution in [1.82, 2.24) is 4.90 Å². The number of rotatable bonds is 5. The van der Waals surface area contributed by atoms with Gasteiger partial charge in [0.05, 0.1) is 6.04 Å². The van der Waals surface area contributed by atoms with E-state index >= 15 is 0 Å². The van der Waals surface area contributed by atoms with Gasteiger partial charge < -0.3 is 4.90 Å². The maximum Gasteiger partial charge on any atom is 0.257 e. The zero-order valence-electron chi connectivity index (χ0n) is 15.0. The Balaban J connectivity index is 1.67. The van der Waals surface area contributed by atoms with E-state index in [1.807, 2.05) is 65.6 Å². The minimum absolute atomic E-state index is 0.0348. The number of likely N-dealkylation sites (tertiary alicyclic amines) is 1. The predicted molar refractivity (Wildman–Crippen MR) is 112 cm³/mol. The molecule has 0 bridgehead atoms. The topological polar surface area (TPSA) is 20.3 Å². The molecule has 1 saturated heterocycles. The molecule has 4 rings (SSSR count). The minimum atomic E-state index is -1.02. The lowest BCUT2D eigenvalue weighted by Crippen LogP contribution is -2.63. The average Bonchev–Trinajstić information content (AvgIpc) is 2.70. The highest BCUT2D eigenvalue weighted by molar-refractivity contribution is 8.03. The van der Waals surface area contributed by atoms with Crippen molar-refractivity contribution in [2.24, 2.45) is 0 Å². The summed E-state index contributed by atoms with van der Waals surface area (Å²) in [6.07, 6.45) is 0. The second-order valence-corrected chi connectivity index (χ2v) is 8.93. The Labute approximate surface area is 169 Å². The Hall–Kier alpha value is -2.23. The van der Waals surface area contributed by atoms with Crippen LogP contribution in [0.2, 0.25) is 0 Å². The van der Waals surface area contributed by atoms with E-state index in [-0.39, 0.29) is 11.9 Å². The van der Waals surface area contributed by atoms with Crippen molar-refractivity contribution in [2.75, 3.05) is 0 Å². The first-order valence-corrected chi connectivity index (χ1v) is 10.1. The normalized spacial score (nSPS) is 21.8. The number of aryl methyl sites for hydroxylation is 1. The molecule has 0 unspecified atom stereocenters. The van der Waals surface area contributed by atoms with E-state index < -0.39 is 4.21 Å². The fraction of sp³-hybridized carbons (Fsp3) is 0.174. The number of nitrogens with zero attached hydrogens (tertiary/aromatic N) is 1. The SMILES string of the molecule is Cc1ccc([C@H]2N(Cc3ccccc3)C(=O)[C@@]2(Cl)Sc2ccccc2)cc1. The summed E-state index contributed by atoms with van der Waals surface area (Å²) in [5, 5.41) is 0. The van der Waals surface area contributed by atoms with Gasteiger partial charge in [0, 0.05) is 11.4 Å². The van der Waals surface area contributed by atoms with E-state index in [1.54, 1.807) is 0 Å². The van der Waals surface area contributed by atoms with Crippen LogP contribution in [0.15, 0.2) is 89.8 Å². The number of benzene rings is 3. The molecule has 3 aromatic carbocycles. The number of hydrogen-bond donors (Lipinski definition) is 0. The molecule has 136 valence electrons. The van der Waals surface area contributed by atoms with Crippen LogP contribution >= 0.6 is 23.4 Å². The molecule has 0 radical (unpaired) electrons. The summed E-state index contributed by atoms with van der Waals surface area (Å²) in [6.45, 7) is 2.62. The molecule has 1 aliphatic rings. The molecule has 0 spiro atoms. The minimum Gasteiger partial charge on any atom is -0.326 e. The van der Waals surface area contributed by atoms with Crippen LogP contribution in [0.1, 0.15) is 22.7 Å². The first-order chi connectivity index (χ1) is 13.1. The van der Waals surface area contributed by atoms with Gasteiger partial charge in [0.1, 0.15) is 0 Å². The van der Waals surface area contributed by atoms with Crippen molar-refractivity contribution in [3.05, 3.63) is 102 Å². The Bertz CT molecular complexity index is 930. The first-order valence-electron chi connectivity index (χ1n) is 8.92. The van der Waals surface area contributed by atoms with Crippen LogP contribution in [-0.4, -0.2) is 15.0 Å². The van der Waals surface area contributed by atoms with Crippen LogP contribution in [0.3, 0.4) is 0 Å². The molecule has 0 N–H and O–H groups in total. The average molecular weight is 394 g/mol. The van der Waals surface area contributed by atoms with Crippen LogP contribution in [0.4, 0.5) is 0 Å². The number of carbonyl (C=O) groups is 1. The fourth-order valence-electron chi connectivity index (χ4n) is 3.41.